The Morgan fingerprint density at radius 1 is 1.19 bits per heavy atom. The number of nitrogens with zero attached hydrogens (tertiary/aromatic N) is 2. The van der Waals surface area contributed by atoms with Gasteiger partial charge in [0.25, 0.3) is 5.91 Å². The van der Waals surface area contributed by atoms with Crippen molar-refractivity contribution < 1.29 is 19.3 Å². The van der Waals surface area contributed by atoms with Crippen LogP contribution in [0.2, 0.25) is 0 Å². The highest BCUT2D eigenvalue weighted by Gasteiger charge is 2.31. The van der Waals surface area contributed by atoms with Crippen LogP contribution >= 0.6 is 0 Å². The molecule has 1 aliphatic heterocycles. The first-order valence-corrected chi connectivity index (χ1v) is 10.2. The Morgan fingerprint density at radius 2 is 1.97 bits per heavy atom. The van der Waals surface area contributed by atoms with E-state index in [0.717, 1.165) is 40.7 Å². The van der Waals surface area contributed by atoms with E-state index in [2.05, 4.69) is 25.2 Å². The first-order valence-electron chi connectivity index (χ1n) is 10.2. The van der Waals surface area contributed by atoms with Gasteiger partial charge in [-0.05, 0) is 18.2 Å². The quantitative estimate of drug-likeness (QED) is 0.520. The van der Waals surface area contributed by atoms with Crippen molar-refractivity contribution in [3.63, 3.8) is 0 Å². The lowest BCUT2D eigenvalue weighted by molar-refractivity contribution is -0.366. The lowest BCUT2D eigenvalue weighted by Gasteiger charge is -2.14. The molecular weight excluding hydrogens is 394 g/mol. The van der Waals surface area contributed by atoms with Crippen LogP contribution in [0.3, 0.4) is 0 Å². The molecule has 4 aromatic rings. The number of H-pyrrole nitrogens is 2. The molecule has 1 saturated heterocycles. The van der Waals surface area contributed by atoms with Crippen LogP contribution in [0, 0.1) is 0 Å². The van der Waals surface area contributed by atoms with Gasteiger partial charge in [-0.25, -0.2) is 4.98 Å². The van der Waals surface area contributed by atoms with Gasteiger partial charge in [0, 0.05) is 23.4 Å². The zero-order valence-electron chi connectivity index (χ0n) is 17.4. The molecular formula is C23H24N5O3+. The lowest BCUT2D eigenvalue weighted by atomic mass is 10.1. The van der Waals surface area contributed by atoms with Crippen LogP contribution in [0.15, 0.2) is 48.8 Å². The van der Waals surface area contributed by atoms with E-state index in [1.165, 1.54) is 0 Å². The van der Waals surface area contributed by atoms with Crippen LogP contribution in [0.5, 0.6) is 11.5 Å². The van der Waals surface area contributed by atoms with Crippen molar-refractivity contribution in [3.05, 3.63) is 54.4 Å². The molecule has 1 atom stereocenters. The minimum Gasteiger partial charge on any atom is -0.493 e. The standard InChI is InChI=1S/C23H23N5O3/c1-30-18-10-16-17(11-19(18)31-2)27-21-20(16)22(25-13-24-21)28-9-8-15(12-28)26-23(29)14-6-4-3-5-7-14/h3-7,10-11,13,15H,8-9,12H2,1-2H3,(H,26,29)(H,24,25,27)/p+1. The average Bonchev–Trinajstić information content (AvgIpc) is 3.42. The summed E-state index contributed by atoms with van der Waals surface area (Å²) in [6.07, 6.45) is 2.56. The highest BCUT2D eigenvalue weighted by Crippen LogP contribution is 2.37. The number of ether oxygens (including phenoxy) is 2. The van der Waals surface area contributed by atoms with Crippen molar-refractivity contribution in [1.82, 2.24) is 15.3 Å². The maximum absolute atomic E-state index is 12.5. The van der Waals surface area contributed by atoms with Gasteiger partial charge in [-0.15, -0.1) is 0 Å². The third kappa shape index (κ3) is 3.39. The molecule has 3 N–H and O–H groups in total. The third-order valence-corrected chi connectivity index (χ3v) is 5.79. The van der Waals surface area contributed by atoms with Gasteiger partial charge in [-0.2, -0.15) is 0 Å². The molecule has 0 bridgehead atoms. The van der Waals surface area contributed by atoms with Gasteiger partial charge in [0.2, 0.25) is 17.8 Å². The first-order chi connectivity index (χ1) is 15.2. The normalized spacial score (nSPS) is 16.1. The number of fused-ring (bicyclic) bond motifs is 3. The van der Waals surface area contributed by atoms with Crippen LogP contribution < -0.4 is 24.7 Å². The summed E-state index contributed by atoms with van der Waals surface area (Å²) in [5, 5.41) is 5.15. The van der Waals surface area contributed by atoms with E-state index in [1.807, 2.05) is 42.5 Å². The van der Waals surface area contributed by atoms with Gasteiger partial charge in [-0.3, -0.25) is 9.69 Å². The molecule has 0 spiro atoms. The number of amides is 1. The Hall–Kier alpha value is -3.81. The summed E-state index contributed by atoms with van der Waals surface area (Å²) in [4.78, 5) is 26.0. The summed E-state index contributed by atoms with van der Waals surface area (Å²) in [6, 6.07) is 13.3. The molecule has 5 rings (SSSR count). The van der Waals surface area contributed by atoms with Crippen molar-refractivity contribution in [2.24, 2.45) is 0 Å². The van der Waals surface area contributed by atoms with Crippen molar-refractivity contribution in [1.29, 1.82) is 0 Å². The number of anilines is 1. The smallest absolute Gasteiger partial charge is 0.251 e. The molecule has 0 aliphatic carbocycles. The van der Waals surface area contributed by atoms with E-state index in [-0.39, 0.29) is 11.9 Å². The number of hydrogen-bond donors (Lipinski definition) is 2. The van der Waals surface area contributed by atoms with Gasteiger partial charge in [0.1, 0.15) is 5.39 Å². The predicted octanol–water partition coefficient (Wildman–Crippen LogP) is 2.56. The fraction of sp³-hybridized carbons (Fsp3) is 0.261. The van der Waals surface area contributed by atoms with E-state index in [1.54, 1.807) is 20.5 Å². The Kier molecular flexibility index (Phi) is 4.82. The van der Waals surface area contributed by atoms with Gasteiger partial charge in [0.15, 0.2) is 11.5 Å². The van der Waals surface area contributed by atoms with Gasteiger partial charge in [0.05, 0.1) is 38.9 Å². The molecule has 1 aliphatic rings. The Balaban J connectivity index is 1.46. The molecule has 2 aromatic carbocycles. The molecule has 158 valence electrons. The van der Waals surface area contributed by atoms with Crippen LogP contribution in [0.4, 0.5) is 5.82 Å². The minimum atomic E-state index is -0.0415. The SMILES string of the molecule is COc1cc2[nH]c3nc[nH+]c(N4CCC(NC(=O)c5ccccc5)C4)c3c2cc1OC. The van der Waals surface area contributed by atoms with E-state index >= 15 is 0 Å². The number of hydrogen-bond acceptors (Lipinski definition) is 5. The molecule has 3 heterocycles. The fourth-order valence-electron chi connectivity index (χ4n) is 4.26. The summed E-state index contributed by atoms with van der Waals surface area (Å²) in [5.41, 5.74) is 2.39. The highest BCUT2D eigenvalue weighted by molar-refractivity contribution is 6.11. The van der Waals surface area contributed by atoms with Crippen LogP contribution in [0.1, 0.15) is 16.8 Å². The second-order valence-electron chi connectivity index (χ2n) is 7.62. The predicted molar refractivity (Wildman–Crippen MR) is 118 cm³/mol. The van der Waals surface area contributed by atoms with Gasteiger partial charge >= 0.3 is 0 Å². The Bertz CT molecular complexity index is 1250. The second kappa shape index (κ2) is 7.79. The zero-order chi connectivity index (χ0) is 21.4. The van der Waals surface area contributed by atoms with Gasteiger partial charge in [-0.1, -0.05) is 23.2 Å². The zero-order valence-corrected chi connectivity index (χ0v) is 17.4. The molecule has 1 fully saturated rings. The maximum Gasteiger partial charge on any atom is 0.251 e. The van der Waals surface area contributed by atoms with Crippen LogP contribution in [0.25, 0.3) is 21.9 Å². The third-order valence-electron chi connectivity index (χ3n) is 5.79. The van der Waals surface area contributed by atoms with Crippen molar-refractivity contribution >= 4 is 33.7 Å². The second-order valence-corrected chi connectivity index (χ2v) is 7.62. The summed E-state index contributed by atoms with van der Waals surface area (Å²) >= 11 is 0. The molecule has 8 nitrogen and oxygen atoms in total. The molecule has 1 amide bonds. The fourth-order valence-corrected chi connectivity index (χ4v) is 4.26. The number of aromatic nitrogens is 3. The summed E-state index contributed by atoms with van der Waals surface area (Å²) in [6.45, 7) is 1.55. The number of carbonyl (C=O) groups is 1. The minimum absolute atomic E-state index is 0.0415. The highest BCUT2D eigenvalue weighted by atomic mass is 16.5. The summed E-state index contributed by atoms with van der Waals surface area (Å²) in [7, 11) is 3.25. The largest absolute Gasteiger partial charge is 0.493 e. The summed E-state index contributed by atoms with van der Waals surface area (Å²) in [5.74, 6) is 2.26. The number of benzene rings is 2. The van der Waals surface area contributed by atoms with Crippen molar-refractivity contribution in [2.45, 2.75) is 12.5 Å². The monoisotopic (exact) mass is 418 g/mol. The van der Waals surface area contributed by atoms with E-state index < -0.39 is 0 Å². The topological polar surface area (TPSA) is 93.6 Å². The molecule has 31 heavy (non-hydrogen) atoms. The Labute approximate surface area is 179 Å². The first kappa shape index (κ1) is 19.2. The number of nitrogens with one attached hydrogen (secondary N) is 3. The number of methoxy groups -OCH3 is 2. The number of aromatic amines is 2. The summed E-state index contributed by atoms with van der Waals surface area (Å²) < 4.78 is 10.9. The molecule has 0 saturated carbocycles. The molecule has 1 unspecified atom stereocenters. The van der Waals surface area contributed by atoms with E-state index in [0.29, 0.717) is 23.6 Å². The van der Waals surface area contributed by atoms with Gasteiger partial charge < -0.3 is 19.8 Å². The molecule has 0 radical (unpaired) electrons. The molecule has 2 aromatic heterocycles. The number of rotatable bonds is 5. The molecule has 8 heteroatoms. The average molecular weight is 418 g/mol. The van der Waals surface area contributed by atoms with Crippen LogP contribution in [-0.2, 0) is 0 Å². The van der Waals surface area contributed by atoms with Crippen molar-refractivity contribution in [3.8, 4) is 11.5 Å². The van der Waals surface area contributed by atoms with Crippen molar-refractivity contribution in [2.75, 3.05) is 32.2 Å². The Morgan fingerprint density at radius 3 is 2.74 bits per heavy atom. The lowest BCUT2D eigenvalue weighted by Crippen LogP contribution is -2.38. The maximum atomic E-state index is 12.5. The number of carbonyl (C=O) groups excluding carboxylic acids is 1. The van der Waals surface area contributed by atoms with E-state index in [9.17, 15) is 4.79 Å². The van der Waals surface area contributed by atoms with Crippen LogP contribution in [-0.4, -0.2) is 49.2 Å². The van der Waals surface area contributed by atoms with E-state index in [4.69, 9.17) is 9.47 Å².